The fraction of sp³-hybridized carbons (Fsp3) is 0.600. The third kappa shape index (κ3) is 5.83. The second-order valence-electron chi connectivity index (χ2n) is 8.59. The van der Waals surface area contributed by atoms with Gasteiger partial charge in [0.2, 0.25) is 11.8 Å². The van der Waals surface area contributed by atoms with E-state index in [1.165, 1.54) is 0 Å². The molecule has 0 aromatic heterocycles. The van der Waals surface area contributed by atoms with Gasteiger partial charge in [0.05, 0.1) is 15.5 Å². The first-order valence-electron chi connectivity index (χ1n) is 9.67. The molecule has 9 heteroatoms. The molecule has 0 saturated heterocycles. The third-order valence-corrected chi connectivity index (χ3v) is 7.27. The molecule has 29 heavy (non-hydrogen) atoms. The SMILES string of the molecule is CCC1(NC(=O)C(CC(C)C)P(O)O)CC(C)(C(=O)Nc2ccc(Cl)c(Cl)c2)C1. The van der Waals surface area contributed by atoms with Crippen LogP contribution in [-0.4, -0.2) is 32.8 Å². The topological polar surface area (TPSA) is 98.7 Å². The summed E-state index contributed by atoms with van der Waals surface area (Å²) in [6.07, 6.45) is 1.99. The van der Waals surface area contributed by atoms with Gasteiger partial charge in [-0.05, 0) is 49.8 Å². The van der Waals surface area contributed by atoms with Crippen LogP contribution in [0.5, 0.6) is 0 Å². The van der Waals surface area contributed by atoms with Gasteiger partial charge in [-0.2, -0.15) is 0 Å². The number of amides is 2. The number of hydrogen-bond donors (Lipinski definition) is 4. The minimum Gasteiger partial charge on any atom is -0.350 e. The third-order valence-electron chi connectivity index (χ3n) is 5.52. The number of hydrogen-bond acceptors (Lipinski definition) is 4. The van der Waals surface area contributed by atoms with E-state index in [0.717, 1.165) is 0 Å². The predicted octanol–water partition coefficient (Wildman–Crippen LogP) is 4.71. The highest BCUT2D eigenvalue weighted by Crippen LogP contribution is 2.51. The highest BCUT2D eigenvalue weighted by Gasteiger charge is 2.56. The molecule has 0 radical (unpaired) electrons. The maximum atomic E-state index is 12.8. The van der Waals surface area contributed by atoms with E-state index in [2.05, 4.69) is 10.6 Å². The fourth-order valence-corrected chi connectivity index (χ4v) is 5.17. The highest BCUT2D eigenvalue weighted by atomic mass is 35.5. The molecule has 0 heterocycles. The van der Waals surface area contributed by atoms with E-state index in [4.69, 9.17) is 23.2 Å². The van der Waals surface area contributed by atoms with Gasteiger partial charge in [-0.1, -0.05) is 50.9 Å². The van der Waals surface area contributed by atoms with E-state index < -0.39 is 25.0 Å². The number of carbonyl (C=O) groups excluding carboxylic acids is 2. The van der Waals surface area contributed by atoms with Crippen molar-refractivity contribution in [2.75, 3.05) is 5.32 Å². The largest absolute Gasteiger partial charge is 0.350 e. The number of rotatable bonds is 8. The first-order chi connectivity index (χ1) is 13.4. The van der Waals surface area contributed by atoms with Crippen molar-refractivity contribution in [1.29, 1.82) is 0 Å². The lowest BCUT2D eigenvalue weighted by atomic mass is 9.56. The van der Waals surface area contributed by atoms with Gasteiger partial charge in [0.25, 0.3) is 0 Å². The summed E-state index contributed by atoms with van der Waals surface area (Å²) >= 11 is 11.9. The van der Waals surface area contributed by atoms with Crippen LogP contribution in [0.25, 0.3) is 0 Å². The van der Waals surface area contributed by atoms with Crippen LogP contribution >= 0.6 is 31.6 Å². The van der Waals surface area contributed by atoms with Gasteiger partial charge in [0, 0.05) is 11.2 Å². The molecule has 1 saturated carbocycles. The second kappa shape index (κ2) is 9.49. The zero-order valence-corrected chi connectivity index (χ0v) is 19.5. The van der Waals surface area contributed by atoms with E-state index in [1.54, 1.807) is 18.2 Å². The molecule has 1 aliphatic carbocycles. The van der Waals surface area contributed by atoms with Crippen molar-refractivity contribution < 1.29 is 19.4 Å². The average molecular weight is 463 g/mol. The van der Waals surface area contributed by atoms with E-state index in [0.29, 0.717) is 41.4 Å². The standard InChI is InChI=1S/C20H29Cl2N2O4P/c1-5-20(24-17(25)16(29(27)28)8-12(2)3)10-19(4,11-20)18(26)23-13-6-7-14(21)15(22)9-13/h6-7,9,12,16,27-28H,5,8,10-11H2,1-4H3,(H,23,26)(H,24,25). The lowest BCUT2D eigenvalue weighted by molar-refractivity contribution is -0.139. The Morgan fingerprint density at radius 2 is 1.83 bits per heavy atom. The molecule has 2 amide bonds. The van der Waals surface area contributed by atoms with E-state index >= 15 is 0 Å². The molecule has 4 N–H and O–H groups in total. The smallest absolute Gasteiger partial charge is 0.232 e. The van der Waals surface area contributed by atoms with Crippen molar-refractivity contribution in [2.24, 2.45) is 11.3 Å². The molecule has 1 atom stereocenters. The number of anilines is 1. The van der Waals surface area contributed by atoms with Crippen LogP contribution in [0.15, 0.2) is 18.2 Å². The van der Waals surface area contributed by atoms with Gasteiger partial charge in [-0.3, -0.25) is 9.59 Å². The van der Waals surface area contributed by atoms with Gasteiger partial charge in [-0.25, -0.2) is 0 Å². The molecule has 1 aromatic rings. The molecule has 162 valence electrons. The summed E-state index contributed by atoms with van der Waals surface area (Å²) in [5.74, 6) is -0.348. The first-order valence-corrected chi connectivity index (χ1v) is 11.7. The van der Waals surface area contributed by atoms with Crippen LogP contribution < -0.4 is 10.6 Å². The maximum Gasteiger partial charge on any atom is 0.232 e. The molecule has 1 fully saturated rings. The Morgan fingerprint density at radius 3 is 2.31 bits per heavy atom. The Bertz CT molecular complexity index is 767. The number of halogens is 2. The second-order valence-corrected chi connectivity index (χ2v) is 10.7. The van der Waals surface area contributed by atoms with E-state index in [-0.39, 0.29) is 17.7 Å². The zero-order chi connectivity index (χ0) is 22.0. The summed E-state index contributed by atoms with van der Waals surface area (Å²) in [6.45, 7) is 7.68. The summed E-state index contributed by atoms with van der Waals surface area (Å²) in [6, 6.07) is 4.90. The quantitative estimate of drug-likeness (QED) is 0.420. The van der Waals surface area contributed by atoms with Crippen molar-refractivity contribution in [3.05, 3.63) is 28.2 Å². The van der Waals surface area contributed by atoms with Crippen LogP contribution in [0.4, 0.5) is 5.69 Å². The van der Waals surface area contributed by atoms with Crippen molar-refractivity contribution in [1.82, 2.24) is 5.32 Å². The monoisotopic (exact) mass is 462 g/mol. The van der Waals surface area contributed by atoms with Gasteiger partial charge in [0.15, 0.2) is 8.38 Å². The molecular weight excluding hydrogens is 434 g/mol. The predicted molar refractivity (Wildman–Crippen MR) is 118 cm³/mol. The molecular formula is C20H29Cl2N2O4P. The molecule has 1 unspecified atom stereocenters. The van der Waals surface area contributed by atoms with Crippen molar-refractivity contribution in [3.63, 3.8) is 0 Å². The molecule has 1 aliphatic rings. The summed E-state index contributed by atoms with van der Waals surface area (Å²) in [7, 11) is -2.36. The Labute approximate surface area is 183 Å². The Balaban J connectivity index is 2.04. The van der Waals surface area contributed by atoms with Crippen molar-refractivity contribution in [3.8, 4) is 0 Å². The molecule has 1 aromatic carbocycles. The van der Waals surface area contributed by atoms with Crippen LogP contribution in [0.3, 0.4) is 0 Å². The zero-order valence-electron chi connectivity index (χ0n) is 17.1. The summed E-state index contributed by atoms with van der Waals surface area (Å²) in [4.78, 5) is 44.8. The minimum absolute atomic E-state index is 0.153. The van der Waals surface area contributed by atoms with Gasteiger partial charge >= 0.3 is 0 Å². The van der Waals surface area contributed by atoms with E-state index in [1.807, 2.05) is 27.7 Å². The lowest BCUT2D eigenvalue weighted by Gasteiger charge is -2.54. The van der Waals surface area contributed by atoms with Crippen LogP contribution in [0, 0.1) is 11.3 Å². The van der Waals surface area contributed by atoms with Gasteiger partial charge < -0.3 is 20.4 Å². The van der Waals surface area contributed by atoms with Crippen molar-refractivity contribution in [2.45, 2.75) is 64.6 Å². The molecule has 6 nitrogen and oxygen atoms in total. The fourth-order valence-electron chi connectivity index (χ4n) is 3.98. The van der Waals surface area contributed by atoms with Crippen LogP contribution in [0.2, 0.25) is 10.0 Å². The number of carbonyl (C=O) groups is 2. The summed E-state index contributed by atoms with van der Waals surface area (Å²) < 4.78 is 0. The normalized spacial score (nSPS) is 24.9. The summed E-state index contributed by atoms with van der Waals surface area (Å²) in [5.41, 5.74) is -1.44. The highest BCUT2D eigenvalue weighted by molar-refractivity contribution is 7.47. The van der Waals surface area contributed by atoms with Crippen LogP contribution in [0.1, 0.15) is 53.4 Å². The Hall–Kier alpha value is -0.910. The van der Waals surface area contributed by atoms with E-state index in [9.17, 15) is 19.4 Å². The maximum absolute atomic E-state index is 12.8. The van der Waals surface area contributed by atoms with Crippen molar-refractivity contribution >= 4 is 49.1 Å². The first kappa shape index (κ1) is 24.4. The van der Waals surface area contributed by atoms with Gasteiger partial charge in [-0.15, -0.1) is 0 Å². The average Bonchev–Trinajstić information content (AvgIpc) is 2.60. The molecule has 0 bridgehead atoms. The Kier molecular flexibility index (Phi) is 7.97. The lowest BCUT2D eigenvalue weighted by Crippen LogP contribution is -2.65. The number of nitrogens with one attached hydrogen (secondary N) is 2. The number of benzene rings is 1. The summed E-state index contributed by atoms with van der Waals surface area (Å²) in [5, 5.41) is 6.63. The molecule has 2 rings (SSSR count). The Morgan fingerprint density at radius 1 is 1.21 bits per heavy atom. The van der Waals surface area contributed by atoms with Gasteiger partial charge in [0.1, 0.15) is 5.66 Å². The minimum atomic E-state index is -2.36. The van der Waals surface area contributed by atoms with Crippen LogP contribution in [-0.2, 0) is 9.59 Å². The molecule has 0 aliphatic heterocycles. The molecule has 0 spiro atoms.